The maximum absolute atomic E-state index is 6.25. The number of allylic oxidation sites excluding steroid dienone is 2. The van der Waals surface area contributed by atoms with E-state index < -0.39 is 0 Å². The Kier molecular flexibility index (Phi) is 6.14. The molecule has 0 spiro atoms. The maximum atomic E-state index is 6.25. The standard InChI is InChI=1S/C22H22Cl3N5/c23-14-2-6-20-17(10-14)16-4-3-15(11-21(16)30(20)8-7-28-22(26)27)29-12-13-1-5-18(24)19(25)9-13/h1-4,6,9-11,18,29H,5,7-8,12H2,(H4,26,27,28). The average Bonchev–Trinajstić information content (AvgIpc) is 3.01. The minimum atomic E-state index is -0.125. The van der Waals surface area contributed by atoms with Gasteiger partial charge in [0, 0.05) is 45.1 Å². The van der Waals surface area contributed by atoms with Crippen LogP contribution < -0.4 is 16.8 Å². The van der Waals surface area contributed by atoms with Gasteiger partial charge in [-0.25, -0.2) is 0 Å². The molecule has 0 saturated carbocycles. The minimum absolute atomic E-state index is 0.0906. The summed E-state index contributed by atoms with van der Waals surface area (Å²) >= 11 is 18.6. The largest absolute Gasteiger partial charge is 0.381 e. The molecule has 0 saturated heterocycles. The number of aliphatic imine (C=N–C) groups is 1. The van der Waals surface area contributed by atoms with Crippen LogP contribution in [-0.4, -0.2) is 29.0 Å². The van der Waals surface area contributed by atoms with Crippen molar-refractivity contribution in [3.8, 4) is 0 Å². The first-order chi connectivity index (χ1) is 14.4. The zero-order valence-corrected chi connectivity index (χ0v) is 18.5. The molecule has 156 valence electrons. The summed E-state index contributed by atoms with van der Waals surface area (Å²) in [6, 6.07) is 12.2. The van der Waals surface area contributed by atoms with Gasteiger partial charge in [0.15, 0.2) is 5.96 Å². The number of nitrogens with one attached hydrogen (secondary N) is 1. The summed E-state index contributed by atoms with van der Waals surface area (Å²) in [7, 11) is 0. The van der Waals surface area contributed by atoms with Crippen molar-refractivity contribution < 1.29 is 0 Å². The van der Waals surface area contributed by atoms with E-state index in [1.54, 1.807) is 0 Å². The molecule has 8 heteroatoms. The van der Waals surface area contributed by atoms with E-state index in [0.29, 0.717) is 29.7 Å². The number of benzene rings is 2. The zero-order valence-electron chi connectivity index (χ0n) is 16.2. The molecule has 1 atom stereocenters. The maximum Gasteiger partial charge on any atom is 0.185 e. The molecular formula is C22H22Cl3N5. The molecule has 1 unspecified atom stereocenters. The molecule has 2 aromatic carbocycles. The van der Waals surface area contributed by atoms with Crippen LogP contribution in [0.1, 0.15) is 6.42 Å². The number of nitrogens with zero attached hydrogens (tertiary/aromatic N) is 2. The van der Waals surface area contributed by atoms with Crippen LogP contribution >= 0.6 is 34.8 Å². The zero-order chi connectivity index (χ0) is 21.3. The average molecular weight is 463 g/mol. The number of aromatic nitrogens is 1. The molecule has 30 heavy (non-hydrogen) atoms. The van der Waals surface area contributed by atoms with Gasteiger partial charge in [0.1, 0.15) is 0 Å². The number of alkyl halides is 1. The number of halogens is 3. The second kappa shape index (κ2) is 8.80. The highest BCUT2D eigenvalue weighted by Gasteiger charge is 2.14. The van der Waals surface area contributed by atoms with Crippen molar-refractivity contribution in [2.24, 2.45) is 16.5 Å². The second-order valence-electron chi connectivity index (χ2n) is 7.22. The lowest BCUT2D eigenvalue weighted by Crippen LogP contribution is -2.23. The predicted molar refractivity (Wildman–Crippen MR) is 130 cm³/mol. The molecule has 1 aromatic heterocycles. The first kappa shape index (κ1) is 20.9. The molecular weight excluding hydrogens is 441 g/mol. The molecule has 0 amide bonds. The monoisotopic (exact) mass is 461 g/mol. The molecule has 1 heterocycles. The van der Waals surface area contributed by atoms with Crippen molar-refractivity contribution >= 4 is 68.3 Å². The Morgan fingerprint density at radius 2 is 1.93 bits per heavy atom. The third-order valence-electron chi connectivity index (χ3n) is 5.15. The number of guanidine groups is 1. The molecule has 0 bridgehead atoms. The number of hydrogen-bond donors (Lipinski definition) is 3. The summed E-state index contributed by atoms with van der Waals surface area (Å²) in [5.74, 6) is 0.0906. The van der Waals surface area contributed by atoms with Crippen LogP contribution in [0.2, 0.25) is 5.02 Å². The van der Waals surface area contributed by atoms with Crippen molar-refractivity contribution in [3.63, 3.8) is 0 Å². The first-order valence-corrected chi connectivity index (χ1v) is 10.8. The van der Waals surface area contributed by atoms with E-state index in [1.807, 2.05) is 24.3 Å². The highest BCUT2D eigenvalue weighted by atomic mass is 35.5. The van der Waals surface area contributed by atoms with Crippen LogP contribution in [0.25, 0.3) is 21.8 Å². The highest BCUT2D eigenvalue weighted by Crippen LogP contribution is 2.33. The second-order valence-corrected chi connectivity index (χ2v) is 8.62. The van der Waals surface area contributed by atoms with Gasteiger partial charge >= 0.3 is 0 Å². The van der Waals surface area contributed by atoms with E-state index in [-0.39, 0.29) is 11.3 Å². The fourth-order valence-corrected chi connectivity index (χ4v) is 4.28. The topological polar surface area (TPSA) is 81.4 Å². The van der Waals surface area contributed by atoms with Crippen molar-refractivity contribution in [2.75, 3.05) is 18.4 Å². The molecule has 1 aliphatic rings. The van der Waals surface area contributed by atoms with Crippen LogP contribution in [0.5, 0.6) is 0 Å². The number of anilines is 1. The summed E-state index contributed by atoms with van der Waals surface area (Å²) in [6.07, 6.45) is 4.79. The highest BCUT2D eigenvalue weighted by molar-refractivity contribution is 6.37. The Morgan fingerprint density at radius 1 is 1.10 bits per heavy atom. The van der Waals surface area contributed by atoms with Gasteiger partial charge in [-0.1, -0.05) is 35.3 Å². The summed E-state index contributed by atoms with van der Waals surface area (Å²) in [5.41, 5.74) is 15.3. The van der Waals surface area contributed by atoms with Gasteiger partial charge in [0.2, 0.25) is 0 Å². The normalized spacial score (nSPS) is 16.4. The lowest BCUT2D eigenvalue weighted by atomic mass is 10.1. The van der Waals surface area contributed by atoms with Crippen molar-refractivity contribution in [1.29, 1.82) is 0 Å². The van der Waals surface area contributed by atoms with Gasteiger partial charge in [-0.2, -0.15) is 0 Å². The van der Waals surface area contributed by atoms with Gasteiger partial charge in [0.25, 0.3) is 0 Å². The fraction of sp³-hybridized carbons (Fsp3) is 0.227. The number of rotatable bonds is 6. The minimum Gasteiger partial charge on any atom is -0.381 e. The van der Waals surface area contributed by atoms with E-state index in [9.17, 15) is 0 Å². The first-order valence-electron chi connectivity index (χ1n) is 9.63. The van der Waals surface area contributed by atoms with Crippen molar-refractivity contribution in [2.45, 2.75) is 18.3 Å². The molecule has 0 radical (unpaired) electrons. The molecule has 1 aliphatic carbocycles. The Labute approximate surface area is 190 Å². The van der Waals surface area contributed by atoms with Gasteiger partial charge in [-0.15, -0.1) is 11.6 Å². The summed E-state index contributed by atoms with van der Waals surface area (Å²) in [6.45, 7) is 1.83. The third-order valence-corrected chi connectivity index (χ3v) is 6.28. The van der Waals surface area contributed by atoms with Crippen molar-refractivity contribution in [3.05, 3.63) is 64.2 Å². The number of nitrogens with two attached hydrogens (primary N) is 2. The smallest absolute Gasteiger partial charge is 0.185 e. The third kappa shape index (κ3) is 4.38. The van der Waals surface area contributed by atoms with Crippen LogP contribution in [0.4, 0.5) is 5.69 Å². The van der Waals surface area contributed by atoms with Crippen LogP contribution in [0.3, 0.4) is 0 Å². The van der Waals surface area contributed by atoms with Gasteiger partial charge in [-0.05, 0) is 48.4 Å². The van der Waals surface area contributed by atoms with Crippen LogP contribution in [-0.2, 0) is 6.54 Å². The van der Waals surface area contributed by atoms with Crippen LogP contribution in [0, 0.1) is 0 Å². The Bertz CT molecular complexity index is 1190. The van der Waals surface area contributed by atoms with Gasteiger partial charge < -0.3 is 21.4 Å². The van der Waals surface area contributed by atoms with Crippen LogP contribution in [0.15, 0.2) is 64.1 Å². The quantitative estimate of drug-likeness (QED) is 0.268. The lowest BCUT2D eigenvalue weighted by molar-refractivity contribution is 0.757. The summed E-state index contributed by atoms with van der Waals surface area (Å²) in [5, 5.41) is 6.98. The molecule has 0 aliphatic heterocycles. The van der Waals surface area contributed by atoms with E-state index in [0.717, 1.165) is 39.5 Å². The summed E-state index contributed by atoms with van der Waals surface area (Å²) < 4.78 is 2.22. The van der Waals surface area contributed by atoms with E-state index in [2.05, 4.69) is 39.2 Å². The SMILES string of the molecule is NC(N)=NCCn1c2ccc(Cl)cc2c2ccc(NCC3=CCC(Cl)C(Cl)=C3)cc21. The van der Waals surface area contributed by atoms with E-state index >= 15 is 0 Å². The van der Waals surface area contributed by atoms with E-state index in [4.69, 9.17) is 46.3 Å². The summed E-state index contributed by atoms with van der Waals surface area (Å²) in [4.78, 5) is 4.14. The number of hydrogen-bond acceptors (Lipinski definition) is 2. The Hall–Kier alpha value is -2.34. The van der Waals surface area contributed by atoms with Crippen molar-refractivity contribution in [1.82, 2.24) is 4.57 Å². The molecule has 4 rings (SSSR count). The van der Waals surface area contributed by atoms with Gasteiger partial charge in [0.05, 0.1) is 17.4 Å². The Balaban J connectivity index is 1.66. The molecule has 0 fully saturated rings. The predicted octanol–water partition coefficient (Wildman–Crippen LogP) is 5.19. The lowest BCUT2D eigenvalue weighted by Gasteiger charge is -2.15. The molecule has 3 aromatic rings. The van der Waals surface area contributed by atoms with E-state index in [1.165, 1.54) is 0 Å². The fourth-order valence-electron chi connectivity index (χ4n) is 3.72. The molecule has 5 N–H and O–H groups in total. The molecule has 5 nitrogen and oxygen atoms in total. The number of fused-ring (bicyclic) bond motifs is 3. The Morgan fingerprint density at radius 3 is 2.70 bits per heavy atom. The van der Waals surface area contributed by atoms with Gasteiger partial charge in [-0.3, -0.25) is 4.99 Å².